The molecule has 1 aromatic rings. The standard InChI is InChI=1S/C4H4N4O2S/c5-3-2(8(9)10)4(11)7-1-6-3/h1H,(H3,5,6,7,11)/p-1. The Labute approximate surface area is 67.0 Å². The van der Waals surface area contributed by atoms with Crippen LogP contribution in [0.5, 0.6) is 0 Å². The van der Waals surface area contributed by atoms with Gasteiger partial charge in [-0.15, -0.1) is 0 Å². The molecule has 0 fully saturated rings. The van der Waals surface area contributed by atoms with E-state index in [1.165, 1.54) is 0 Å². The summed E-state index contributed by atoms with van der Waals surface area (Å²) in [5.74, 6) is -0.199. The van der Waals surface area contributed by atoms with Gasteiger partial charge in [-0.05, 0) is 0 Å². The second-order valence-corrected chi connectivity index (χ2v) is 2.06. The van der Waals surface area contributed by atoms with Crippen LogP contribution in [0.25, 0.3) is 0 Å². The Morgan fingerprint density at radius 1 is 1.64 bits per heavy atom. The Hall–Kier alpha value is -1.50. The number of nitrogens with zero attached hydrogens (tertiary/aromatic N) is 3. The lowest BCUT2D eigenvalue weighted by Crippen LogP contribution is -2.01. The van der Waals surface area contributed by atoms with Crippen molar-refractivity contribution in [1.29, 1.82) is 0 Å². The van der Waals surface area contributed by atoms with E-state index in [0.29, 0.717) is 0 Å². The Morgan fingerprint density at radius 3 is 2.64 bits per heavy atom. The lowest BCUT2D eigenvalue weighted by molar-refractivity contribution is -0.387. The number of nitrogens with two attached hydrogens (primary N) is 1. The predicted octanol–water partition coefficient (Wildman–Crippen LogP) is -0.127. The zero-order valence-corrected chi connectivity index (χ0v) is 6.04. The first-order valence-electron chi connectivity index (χ1n) is 2.55. The van der Waals surface area contributed by atoms with E-state index in [2.05, 4.69) is 22.6 Å². The maximum atomic E-state index is 10.2. The molecule has 0 saturated carbocycles. The Bertz CT molecular complexity index is 282. The van der Waals surface area contributed by atoms with Crippen LogP contribution < -0.4 is 5.73 Å². The van der Waals surface area contributed by atoms with Gasteiger partial charge in [-0.3, -0.25) is 15.1 Å². The van der Waals surface area contributed by atoms with Crippen LogP contribution in [0.3, 0.4) is 0 Å². The van der Waals surface area contributed by atoms with Gasteiger partial charge in [-0.2, -0.15) is 0 Å². The molecule has 0 saturated heterocycles. The van der Waals surface area contributed by atoms with E-state index in [9.17, 15) is 10.1 Å². The minimum Gasteiger partial charge on any atom is -0.753 e. The summed E-state index contributed by atoms with van der Waals surface area (Å²) in [6, 6.07) is 0. The summed E-state index contributed by atoms with van der Waals surface area (Å²) >= 11 is 4.54. The Balaban J connectivity index is 3.32. The molecule has 58 valence electrons. The molecule has 0 unspecified atom stereocenters. The first-order valence-corrected chi connectivity index (χ1v) is 2.95. The van der Waals surface area contributed by atoms with Crippen LogP contribution in [0.4, 0.5) is 11.5 Å². The fraction of sp³-hybridized carbons (Fsp3) is 0. The van der Waals surface area contributed by atoms with Crippen molar-refractivity contribution in [3.05, 3.63) is 16.4 Å². The van der Waals surface area contributed by atoms with E-state index >= 15 is 0 Å². The molecule has 1 aromatic heterocycles. The van der Waals surface area contributed by atoms with Gasteiger partial charge in [0.05, 0.1) is 4.92 Å². The second-order valence-electron chi connectivity index (χ2n) is 1.67. The first-order chi connectivity index (χ1) is 5.13. The fourth-order valence-corrected chi connectivity index (χ4v) is 0.773. The Morgan fingerprint density at radius 2 is 2.27 bits per heavy atom. The smallest absolute Gasteiger partial charge is 0.310 e. The van der Waals surface area contributed by atoms with Crippen molar-refractivity contribution in [2.45, 2.75) is 5.03 Å². The number of aromatic nitrogens is 2. The molecule has 1 rings (SSSR count). The van der Waals surface area contributed by atoms with Crippen molar-refractivity contribution in [1.82, 2.24) is 9.97 Å². The predicted molar refractivity (Wildman–Crippen MR) is 38.7 cm³/mol. The quantitative estimate of drug-likeness (QED) is 0.274. The molecule has 0 aromatic carbocycles. The topological polar surface area (TPSA) is 94.9 Å². The van der Waals surface area contributed by atoms with Gasteiger partial charge in [0, 0.05) is 5.03 Å². The van der Waals surface area contributed by atoms with E-state index in [0.717, 1.165) is 6.33 Å². The van der Waals surface area contributed by atoms with Gasteiger partial charge >= 0.3 is 5.69 Å². The molecule has 0 aliphatic heterocycles. The fourth-order valence-electron chi connectivity index (χ4n) is 0.547. The van der Waals surface area contributed by atoms with Gasteiger partial charge in [0.1, 0.15) is 6.33 Å². The van der Waals surface area contributed by atoms with Crippen molar-refractivity contribution in [3.8, 4) is 0 Å². The highest BCUT2D eigenvalue weighted by Gasteiger charge is 2.12. The van der Waals surface area contributed by atoms with E-state index in [1.54, 1.807) is 0 Å². The average Bonchev–Trinajstić information content (AvgIpc) is 1.85. The van der Waals surface area contributed by atoms with Crippen LogP contribution in [0.15, 0.2) is 11.4 Å². The van der Waals surface area contributed by atoms with Crippen LogP contribution >= 0.6 is 0 Å². The lowest BCUT2D eigenvalue weighted by atomic mass is 10.5. The lowest BCUT2D eigenvalue weighted by Gasteiger charge is -2.04. The third-order valence-electron chi connectivity index (χ3n) is 1.000. The number of hydrogen-bond acceptors (Lipinski definition) is 6. The number of nitro groups is 1. The minimum atomic E-state index is -0.697. The van der Waals surface area contributed by atoms with Crippen molar-refractivity contribution in [2.75, 3.05) is 5.73 Å². The van der Waals surface area contributed by atoms with Crippen LogP contribution in [0.2, 0.25) is 0 Å². The molecule has 2 N–H and O–H groups in total. The zero-order valence-electron chi connectivity index (χ0n) is 5.22. The van der Waals surface area contributed by atoms with Crippen molar-refractivity contribution in [3.63, 3.8) is 0 Å². The third-order valence-corrected chi connectivity index (χ3v) is 1.30. The van der Waals surface area contributed by atoms with Gasteiger partial charge in [0.2, 0.25) is 5.82 Å². The van der Waals surface area contributed by atoms with Crippen LogP contribution in [-0.2, 0) is 12.6 Å². The summed E-state index contributed by atoms with van der Waals surface area (Å²) < 4.78 is 0. The minimum absolute atomic E-state index is 0.137. The summed E-state index contributed by atoms with van der Waals surface area (Å²) in [7, 11) is 0. The number of anilines is 1. The van der Waals surface area contributed by atoms with Crippen molar-refractivity contribution >= 4 is 24.1 Å². The second kappa shape index (κ2) is 2.62. The molecule has 0 atom stereocenters. The third kappa shape index (κ3) is 1.32. The summed E-state index contributed by atoms with van der Waals surface area (Å²) in [5, 5.41) is 10.1. The maximum Gasteiger partial charge on any atom is 0.310 e. The van der Waals surface area contributed by atoms with E-state index in [-0.39, 0.29) is 10.8 Å². The van der Waals surface area contributed by atoms with Gasteiger partial charge in [0.15, 0.2) is 0 Å². The van der Waals surface area contributed by atoms with E-state index in [4.69, 9.17) is 5.73 Å². The normalized spacial score (nSPS) is 9.45. The molecule has 0 aliphatic rings. The molecule has 0 radical (unpaired) electrons. The van der Waals surface area contributed by atoms with Crippen molar-refractivity contribution in [2.24, 2.45) is 0 Å². The van der Waals surface area contributed by atoms with Gasteiger partial charge in [0.25, 0.3) is 0 Å². The highest BCUT2D eigenvalue weighted by atomic mass is 32.1. The highest BCUT2D eigenvalue weighted by Crippen LogP contribution is 2.20. The summed E-state index contributed by atoms with van der Waals surface area (Å²) in [5.41, 5.74) is 4.76. The first kappa shape index (κ1) is 7.61. The molecule has 7 heteroatoms. The molecule has 6 nitrogen and oxygen atoms in total. The van der Waals surface area contributed by atoms with Gasteiger partial charge in [-0.1, -0.05) is 0 Å². The SMILES string of the molecule is Nc1ncnc([S-])c1[N+](=O)[O-]. The van der Waals surface area contributed by atoms with Crippen LogP contribution in [-0.4, -0.2) is 14.9 Å². The van der Waals surface area contributed by atoms with E-state index in [1.807, 2.05) is 0 Å². The number of rotatable bonds is 1. The molecular formula is C4H3N4O2S-. The molecule has 0 aliphatic carbocycles. The molecule has 11 heavy (non-hydrogen) atoms. The monoisotopic (exact) mass is 171 g/mol. The zero-order chi connectivity index (χ0) is 8.43. The highest BCUT2D eigenvalue weighted by molar-refractivity contribution is 7.58. The largest absolute Gasteiger partial charge is 0.753 e. The van der Waals surface area contributed by atoms with Crippen LogP contribution in [0.1, 0.15) is 0 Å². The molecule has 0 bridgehead atoms. The number of hydrogen-bond donors (Lipinski definition) is 1. The summed E-state index contributed by atoms with van der Waals surface area (Å²) in [6.45, 7) is 0. The Kier molecular flexibility index (Phi) is 1.81. The van der Waals surface area contributed by atoms with E-state index < -0.39 is 10.6 Å². The molecular weight excluding hydrogens is 168 g/mol. The van der Waals surface area contributed by atoms with Crippen molar-refractivity contribution < 1.29 is 4.92 Å². The average molecular weight is 171 g/mol. The van der Waals surface area contributed by atoms with Crippen LogP contribution in [0, 0.1) is 10.1 Å². The van der Waals surface area contributed by atoms with Gasteiger partial charge in [-0.25, -0.2) is 4.98 Å². The molecule has 0 spiro atoms. The summed E-state index contributed by atoms with van der Waals surface area (Å²) in [4.78, 5) is 16.4. The summed E-state index contributed by atoms with van der Waals surface area (Å²) in [6.07, 6.45) is 1.09. The molecule has 1 heterocycles. The van der Waals surface area contributed by atoms with Gasteiger partial charge < -0.3 is 18.4 Å². The number of nitrogen functional groups attached to an aromatic ring is 1. The maximum absolute atomic E-state index is 10.2. The molecule has 0 amide bonds.